The van der Waals surface area contributed by atoms with Crippen LogP contribution in [-0.4, -0.2) is 30.4 Å². The summed E-state index contributed by atoms with van der Waals surface area (Å²) in [5.74, 6) is -1.04. The van der Waals surface area contributed by atoms with Crippen LogP contribution in [-0.2, 0) is 0 Å². The summed E-state index contributed by atoms with van der Waals surface area (Å²) in [5, 5.41) is 9.08. The molecule has 6 nitrogen and oxygen atoms in total. The number of aromatic nitrogens is 4. The van der Waals surface area contributed by atoms with Gasteiger partial charge in [0.2, 0.25) is 0 Å². The number of rotatable bonds is 3. The Bertz CT molecular complexity index is 456. The number of carbonyl (C=O) groups is 1. The van der Waals surface area contributed by atoms with E-state index in [9.17, 15) is 4.79 Å². The highest BCUT2D eigenvalue weighted by molar-refractivity contribution is 8.00. The molecular weight excluding hydrogens is 236 g/mol. The number of carboxylic acid groups (broad SMARTS) is 1. The number of hydrogen-bond acceptors (Lipinski definition) is 7. The second-order valence-corrected chi connectivity index (χ2v) is 4.36. The smallest absolute Gasteiger partial charge is 0.338 e. The van der Waals surface area contributed by atoms with Crippen molar-refractivity contribution < 1.29 is 9.90 Å². The van der Waals surface area contributed by atoms with Gasteiger partial charge in [0, 0.05) is 12.4 Å². The van der Waals surface area contributed by atoms with Crippen molar-refractivity contribution in [2.75, 3.05) is 0 Å². The maximum absolute atomic E-state index is 10.5. The summed E-state index contributed by atoms with van der Waals surface area (Å²) in [5.41, 5.74) is 0.0663. The van der Waals surface area contributed by atoms with Gasteiger partial charge in [-0.25, -0.2) is 19.7 Å². The van der Waals surface area contributed by atoms with Crippen molar-refractivity contribution in [1.29, 1.82) is 0 Å². The predicted molar refractivity (Wildman–Crippen MR) is 53.0 cm³/mol. The molecule has 1 N–H and O–H groups in total. The fraction of sp³-hybridized carbons (Fsp3) is 0. The molecule has 0 saturated heterocycles. The van der Waals surface area contributed by atoms with Gasteiger partial charge in [0.25, 0.3) is 0 Å². The second kappa shape index (κ2) is 4.32. The minimum atomic E-state index is -1.04. The Morgan fingerprint density at radius 1 is 1.33 bits per heavy atom. The minimum absolute atomic E-state index is 0.0663. The first-order valence-electron chi connectivity index (χ1n) is 3.75. The van der Waals surface area contributed by atoms with Gasteiger partial charge in [-0.15, -0.1) is 0 Å². The van der Waals surface area contributed by atoms with Crippen LogP contribution in [0.4, 0.5) is 0 Å². The van der Waals surface area contributed by atoms with Crippen molar-refractivity contribution in [3.63, 3.8) is 0 Å². The molecule has 0 aliphatic rings. The first-order valence-corrected chi connectivity index (χ1v) is 5.34. The van der Waals surface area contributed by atoms with Crippen LogP contribution in [0, 0.1) is 0 Å². The molecule has 0 aliphatic heterocycles. The van der Waals surface area contributed by atoms with Crippen LogP contribution in [0.1, 0.15) is 10.4 Å². The van der Waals surface area contributed by atoms with E-state index in [4.69, 9.17) is 5.11 Å². The summed E-state index contributed by atoms with van der Waals surface area (Å²) in [6, 6.07) is 0. The molecule has 15 heavy (non-hydrogen) atoms. The Labute approximate surface area is 92.6 Å². The van der Waals surface area contributed by atoms with E-state index in [1.54, 1.807) is 0 Å². The van der Waals surface area contributed by atoms with Gasteiger partial charge in [0.1, 0.15) is 6.33 Å². The van der Waals surface area contributed by atoms with Crippen molar-refractivity contribution in [2.24, 2.45) is 0 Å². The van der Waals surface area contributed by atoms with E-state index in [1.165, 1.54) is 42.0 Å². The molecule has 2 heterocycles. The lowest BCUT2D eigenvalue weighted by Gasteiger charge is -1.95. The molecule has 0 atom stereocenters. The molecule has 0 spiro atoms. The maximum atomic E-state index is 10.5. The fourth-order valence-electron chi connectivity index (χ4n) is 0.765. The van der Waals surface area contributed by atoms with E-state index in [0.29, 0.717) is 5.16 Å². The molecule has 0 unspecified atom stereocenters. The molecule has 76 valence electrons. The van der Waals surface area contributed by atoms with Gasteiger partial charge in [-0.1, -0.05) is 0 Å². The standard InChI is InChI=1S/C7H4N4O2S2/c12-5(13)4-1-8-6(9-2-4)14-7-10-3-11-15-7/h1-3H,(H,12,13). The summed E-state index contributed by atoms with van der Waals surface area (Å²) in [4.78, 5) is 22.2. The van der Waals surface area contributed by atoms with E-state index in [2.05, 4.69) is 19.3 Å². The summed E-state index contributed by atoms with van der Waals surface area (Å²) in [6.45, 7) is 0. The van der Waals surface area contributed by atoms with Gasteiger partial charge in [-0.2, -0.15) is 4.37 Å². The van der Waals surface area contributed by atoms with Crippen LogP contribution >= 0.6 is 23.3 Å². The van der Waals surface area contributed by atoms with E-state index in [-0.39, 0.29) is 5.56 Å². The monoisotopic (exact) mass is 240 g/mol. The predicted octanol–water partition coefficient (Wildman–Crippen LogP) is 1.18. The maximum Gasteiger partial charge on any atom is 0.338 e. The molecule has 0 fully saturated rings. The summed E-state index contributed by atoms with van der Waals surface area (Å²) >= 11 is 2.48. The molecule has 0 amide bonds. The number of aromatic carboxylic acids is 1. The van der Waals surface area contributed by atoms with Crippen LogP contribution < -0.4 is 0 Å². The molecule has 2 aromatic heterocycles. The summed E-state index contributed by atoms with van der Waals surface area (Å²) in [6.07, 6.45) is 3.97. The Morgan fingerprint density at radius 2 is 2.07 bits per heavy atom. The van der Waals surface area contributed by atoms with Crippen LogP contribution in [0.5, 0.6) is 0 Å². The van der Waals surface area contributed by atoms with E-state index in [1.807, 2.05) is 0 Å². The molecular formula is C7H4N4O2S2. The van der Waals surface area contributed by atoms with Gasteiger partial charge in [-0.3, -0.25) is 0 Å². The molecule has 2 aromatic rings. The summed E-state index contributed by atoms with van der Waals surface area (Å²) in [7, 11) is 0. The quantitative estimate of drug-likeness (QED) is 0.805. The Morgan fingerprint density at radius 3 is 2.60 bits per heavy atom. The highest BCUT2D eigenvalue weighted by Crippen LogP contribution is 2.24. The topological polar surface area (TPSA) is 88.9 Å². The first kappa shape index (κ1) is 9.99. The number of hydrogen-bond donors (Lipinski definition) is 1. The van der Waals surface area contributed by atoms with E-state index in [0.717, 1.165) is 4.34 Å². The molecule has 0 saturated carbocycles. The zero-order valence-corrected chi connectivity index (χ0v) is 8.83. The largest absolute Gasteiger partial charge is 0.478 e. The Balaban J connectivity index is 2.14. The van der Waals surface area contributed by atoms with Gasteiger partial charge in [0.05, 0.1) is 5.56 Å². The Kier molecular flexibility index (Phi) is 2.88. The second-order valence-electron chi connectivity index (χ2n) is 2.37. The third-order valence-corrected chi connectivity index (χ3v) is 3.00. The third kappa shape index (κ3) is 2.48. The van der Waals surface area contributed by atoms with Crippen molar-refractivity contribution in [2.45, 2.75) is 9.50 Å². The SMILES string of the molecule is O=C(O)c1cnc(Sc2ncns2)nc1. The first-order chi connectivity index (χ1) is 7.25. The number of nitrogens with zero attached hydrogens (tertiary/aromatic N) is 4. The lowest BCUT2D eigenvalue weighted by Crippen LogP contribution is -1.98. The molecule has 0 bridgehead atoms. The highest BCUT2D eigenvalue weighted by Gasteiger charge is 2.06. The lowest BCUT2D eigenvalue weighted by molar-refractivity contribution is 0.0695. The molecule has 0 radical (unpaired) electrons. The zero-order valence-electron chi connectivity index (χ0n) is 7.19. The van der Waals surface area contributed by atoms with Crippen molar-refractivity contribution in [3.8, 4) is 0 Å². The van der Waals surface area contributed by atoms with E-state index < -0.39 is 5.97 Å². The molecule has 8 heteroatoms. The average molecular weight is 240 g/mol. The third-order valence-electron chi connectivity index (χ3n) is 1.39. The number of carboxylic acids is 1. The van der Waals surface area contributed by atoms with Gasteiger partial charge >= 0.3 is 5.97 Å². The van der Waals surface area contributed by atoms with Crippen LogP contribution in [0.3, 0.4) is 0 Å². The lowest BCUT2D eigenvalue weighted by atomic mass is 10.4. The average Bonchev–Trinajstić information content (AvgIpc) is 2.71. The fourth-order valence-corrected chi connectivity index (χ4v) is 2.01. The van der Waals surface area contributed by atoms with Crippen LogP contribution in [0.2, 0.25) is 0 Å². The van der Waals surface area contributed by atoms with Gasteiger partial charge in [-0.05, 0) is 23.3 Å². The van der Waals surface area contributed by atoms with Crippen molar-refractivity contribution >= 4 is 29.3 Å². The van der Waals surface area contributed by atoms with Gasteiger partial charge in [0.15, 0.2) is 9.50 Å². The minimum Gasteiger partial charge on any atom is -0.478 e. The zero-order chi connectivity index (χ0) is 10.7. The van der Waals surface area contributed by atoms with Crippen LogP contribution in [0.25, 0.3) is 0 Å². The van der Waals surface area contributed by atoms with E-state index >= 15 is 0 Å². The molecule has 2 rings (SSSR count). The Hall–Kier alpha value is -1.54. The van der Waals surface area contributed by atoms with Crippen molar-refractivity contribution in [1.82, 2.24) is 19.3 Å². The normalized spacial score (nSPS) is 10.1. The highest BCUT2D eigenvalue weighted by atomic mass is 32.2. The summed E-state index contributed by atoms with van der Waals surface area (Å²) < 4.78 is 4.54. The van der Waals surface area contributed by atoms with Gasteiger partial charge < -0.3 is 5.11 Å². The molecule has 0 aromatic carbocycles. The van der Waals surface area contributed by atoms with Crippen LogP contribution in [0.15, 0.2) is 28.2 Å². The van der Waals surface area contributed by atoms with Crippen molar-refractivity contribution in [3.05, 3.63) is 24.3 Å². The molecule has 0 aliphatic carbocycles.